The summed E-state index contributed by atoms with van der Waals surface area (Å²) in [6, 6.07) is 12.9. The molecule has 4 nitrogen and oxygen atoms in total. The number of hydrogen-bond donors (Lipinski definition) is 1. The number of nitrogens with one attached hydrogen (secondary N) is 1. The van der Waals surface area contributed by atoms with Crippen LogP contribution in [0.3, 0.4) is 0 Å². The summed E-state index contributed by atoms with van der Waals surface area (Å²) in [5, 5.41) is 2.81. The maximum atomic E-state index is 11.8. The lowest BCUT2D eigenvalue weighted by Gasteiger charge is -2.09. The first kappa shape index (κ1) is 14.9. The normalized spacial score (nSPS) is 10.0. The molecule has 1 amide bonds. The van der Waals surface area contributed by atoms with Gasteiger partial charge in [0.05, 0.1) is 7.11 Å². The highest BCUT2D eigenvalue weighted by Crippen LogP contribution is 2.17. The Bertz CT molecular complexity index is 620. The minimum Gasteiger partial charge on any atom is -0.497 e. The second kappa shape index (κ2) is 6.79. The lowest BCUT2D eigenvalue weighted by atomic mass is 10.1. The largest absolute Gasteiger partial charge is 0.497 e. The van der Waals surface area contributed by atoms with Crippen molar-refractivity contribution in [3.8, 4) is 11.5 Å². The summed E-state index contributed by atoms with van der Waals surface area (Å²) in [5.74, 6) is 1.20. The molecule has 21 heavy (non-hydrogen) atoms. The van der Waals surface area contributed by atoms with E-state index in [9.17, 15) is 4.79 Å². The number of aryl methyl sites for hydroxylation is 2. The number of carbonyl (C=O) groups excluding carboxylic acids is 1. The molecule has 0 aromatic heterocycles. The van der Waals surface area contributed by atoms with E-state index in [-0.39, 0.29) is 12.5 Å². The number of carbonyl (C=O) groups is 1. The van der Waals surface area contributed by atoms with Gasteiger partial charge in [0.15, 0.2) is 6.61 Å². The zero-order valence-corrected chi connectivity index (χ0v) is 12.5. The van der Waals surface area contributed by atoms with Crippen molar-refractivity contribution in [2.45, 2.75) is 13.8 Å². The van der Waals surface area contributed by atoms with Crippen molar-refractivity contribution >= 4 is 11.6 Å². The SMILES string of the molecule is COc1ccc(OCC(=O)Nc2ccc(C)c(C)c2)cc1. The standard InChI is InChI=1S/C17H19NO3/c1-12-4-5-14(10-13(12)2)18-17(19)11-21-16-8-6-15(20-3)7-9-16/h4-10H,11H2,1-3H3,(H,18,19). The average molecular weight is 285 g/mol. The van der Waals surface area contributed by atoms with E-state index < -0.39 is 0 Å². The topological polar surface area (TPSA) is 47.6 Å². The molecule has 2 rings (SSSR count). The Labute approximate surface area is 124 Å². The minimum atomic E-state index is -0.186. The van der Waals surface area contributed by atoms with E-state index in [2.05, 4.69) is 5.32 Å². The molecule has 0 aliphatic heterocycles. The Morgan fingerprint density at radius 1 is 1.00 bits per heavy atom. The quantitative estimate of drug-likeness (QED) is 0.916. The molecule has 0 atom stereocenters. The van der Waals surface area contributed by atoms with Gasteiger partial charge in [0.25, 0.3) is 5.91 Å². The fourth-order valence-electron chi connectivity index (χ4n) is 1.84. The lowest BCUT2D eigenvalue weighted by Crippen LogP contribution is -2.20. The number of methoxy groups -OCH3 is 1. The van der Waals surface area contributed by atoms with Gasteiger partial charge in [-0.3, -0.25) is 4.79 Å². The van der Waals surface area contributed by atoms with Crippen LogP contribution in [0, 0.1) is 13.8 Å². The number of amides is 1. The minimum absolute atomic E-state index is 0.0285. The third-order valence-corrected chi connectivity index (χ3v) is 3.22. The van der Waals surface area contributed by atoms with Crippen LogP contribution in [0.4, 0.5) is 5.69 Å². The summed E-state index contributed by atoms with van der Waals surface area (Å²) in [5.41, 5.74) is 3.12. The van der Waals surface area contributed by atoms with Crippen molar-refractivity contribution in [1.82, 2.24) is 0 Å². The average Bonchev–Trinajstić information content (AvgIpc) is 2.49. The molecule has 0 spiro atoms. The van der Waals surface area contributed by atoms with Crippen LogP contribution in [0.2, 0.25) is 0 Å². The maximum absolute atomic E-state index is 11.8. The van der Waals surface area contributed by atoms with Crippen LogP contribution in [0.5, 0.6) is 11.5 Å². The van der Waals surface area contributed by atoms with E-state index in [1.54, 1.807) is 31.4 Å². The van der Waals surface area contributed by atoms with Crippen molar-refractivity contribution in [2.24, 2.45) is 0 Å². The van der Waals surface area contributed by atoms with Crippen molar-refractivity contribution in [3.05, 3.63) is 53.6 Å². The molecule has 0 aliphatic carbocycles. The highest BCUT2D eigenvalue weighted by atomic mass is 16.5. The molecule has 0 saturated carbocycles. The summed E-state index contributed by atoms with van der Waals surface area (Å²) >= 11 is 0. The first-order valence-electron chi connectivity index (χ1n) is 6.72. The first-order chi connectivity index (χ1) is 10.1. The third-order valence-electron chi connectivity index (χ3n) is 3.22. The molecule has 0 unspecified atom stereocenters. The Kier molecular flexibility index (Phi) is 4.82. The van der Waals surface area contributed by atoms with Gasteiger partial charge in [0, 0.05) is 5.69 Å². The van der Waals surface area contributed by atoms with Gasteiger partial charge in [-0.2, -0.15) is 0 Å². The van der Waals surface area contributed by atoms with E-state index in [0.717, 1.165) is 17.0 Å². The molecule has 0 bridgehead atoms. The van der Waals surface area contributed by atoms with Crippen LogP contribution in [0.25, 0.3) is 0 Å². The number of anilines is 1. The highest BCUT2D eigenvalue weighted by Gasteiger charge is 2.05. The molecule has 0 saturated heterocycles. The lowest BCUT2D eigenvalue weighted by molar-refractivity contribution is -0.118. The van der Waals surface area contributed by atoms with Gasteiger partial charge in [-0.25, -0.2) is 0 Å². The number of hydrogen-bond acceptors (Lipinski definition) is 3. The molecule has 0 fully saturated rings. The van der Waals surface area contributed by atoms with Crippen molar-refractivity contribution < 1.29 is 14.3 Å². The van der Waals surface area contributed by atoms with Crippen molar-refractivity contribution in [1.29, 1.82) is 0 Å². The molecule has 0 radical (unpaired) electrons. The van der Waals surface area contributed by atoms with Crippen LogP contribution in [0.1, 0.15) is 11.1 Å². The summed E-state index contributed by atoms with van der Waals surface area (Å²) in [6.45, 7) is 4.02. The summed E-state index contributed by atoms with van der Waals surface area (Å²) in [4.78, 5) is 11.8. The molecular formula is C17H19NO3. The van der Waals surface area contributed by atoms with E-state index in [1.807, 2.05) is 32.0 Å². The fourth-order valence-corrected chi connectivity index (χ4v) is 1.84. The van der Waals surface area contributed by atoms with E-state index in [4.69, 9.17) is 9.47 Å². The first-order valence-corrected chi connectivity index (χ1v) is 6.72. The van der Waals surface area contributed by atoms with Crippen LogP contribution < -0.4 is 14.8 Å². The van der Waals surface area contributed by atoms with Gasteiger partial charge >= 0.3 is 0 Å². The van der Waals surface area contributed by atoms with Crippen molar-refractivity contribution in [3.63, 3.8) is 0 Å². The van der Waals surface area contributed by atoms with Gasteiger partial charge in [-0.15, -0.1) is 0 Å². The fraction of sp³-hybridized carbons (Fsp3) is 0.235. The summed E-state index contributed by atoms with van der Waals surface area (Å²) in [6.07, 6.45) is 0. The number of rotatable bonds is 5. The number of ether oxygens (including phenoxy) is 2. The Hall–Kier alpha value is -2.49. The van der Waals surface area contributed by atoms with Crippen LogP contribution in [0.15, 0.2) is 42.5 Å². The molecule has 2 aromatic rings. The molecule has 0 aliphatic rings. The molecule has 2 aromatic carbocycles. The molecule has 110 valence electrons. The van der Waals surface area contributed by atoms with Gasteiger partial charge < -0.3 is 14.8 Å². The van der Waals surface area contributed by atoms with Gasteiger partial charge in [0.1, 0.15) is 11.5 Å². The Balaban J connectivity index is 1.87. The second-order valence-electron chi connectivity index (χ2n) is 4.81. The Morgan fingerprint density at radius 3 is 2.29 bits per heavy atom. The predicted molar refractivity (Wildman–Crippen MR) is 83.0 cm³/mol. The summed E-state index contributed by atoms with van der Waals surface area (Å²) in [7, 11) is 1.60. The molecule has 4 heteroatoms. The zero-order valence-electron chi connectivity index (χ0n) is 12.5. The van der Waals surface area contributed by atoms with E-state index in [0.29, 0.717) is 5.75 Å². The second-order valence-corrected chi connectivity index (χ2v) is 4.81. The van der Waals surface area contributed by atoms with Crippen molar-refractivity contribution in [2.75, 3.05) is 19.0 Å². The van der Waals surface area contributed by atoms with E-state index >= 15 is 0 Å². The molecular weight excluding hydrogens is 266 g/mol. The van der Waals surface area contributed by atoms with Gasteiger partial charge in [-0.1, -0.05) is 6.07 Å². The van der Waals surface area contributed by atoms with Crippen LogP contribution in [-0.4, -0.2) is 19.6 Å². The van der Waals surface area contributed by atoms with Gasteiger partial charge in [-0.05, 0) is 61.4 Å². The van der Waals surface area contributed by atoms with Crippen LogP contribution in [-0.2, 0) is 4.79 Å². The van der Waals surface area contributed by atoms with Gasteiger partial charge in [0.2, 0.25) is 0 Å². The maximum Gasteiger partial charge on any atom is 0.262 e. The summed E-state index contributed by atoms with van der Waals surface area (Å²) < 4.78 is 10.5. The Morgan fingerprint density at radius 2 is 1.67 bits per heavy atom. The smallest absolute Gasteiger partial charge is 0.262 e. The van der Waals surface area contributed by atoms with E-state index in [1.165, 1.54) is 5.56 Å². The van der Waals surface area contributed by atoms with Crippen LogP contribution >= 0.6 is 0 Å². The third kappa shape index (κ3) is 4.24. The molecule has 0 heterocycles. The predicted octanol–water partition coefficient (Wildman–Crippen LogP) is 3.33. The molecule has 1 N–H and O–H groups in total. The zero-order chi connectivity index (χ0) is 15.2. The monoisotopic (exact) mass is 285 g/mol. The highest BCUT2D eigenvalue weighted by molar-refractivity contribution is 5.92. The number of benzene rings is 2.